The molecule has 3 aromatic rings. The van der Waals surface area contributed by atoms with Gasteiger partial charge in [0.25, 0.3) is 5.91 Å². The first-order valence-corrected chi connectivity index (χ1v) is 9.20. The van der Waals surface area contributed by atoms with E-state index in [-0.39, 0.29) is 12.5 Å². The molecule has 1 fully saturated rings. The van der Waals surface area contributed by atoms with E-state index in [0.717, 1.165) is 47.8 Å². The zero-order valence-electron chi connectivity index (χ0n) is 14.8. The van der Waals surface area contributed by atoms with Crippen LogP contribution in [0.4, 0.5) is 0 Å². The number of amides is 1. The van der Waals surface area contributed by atoms with Crippen molar-refractivity contribution < 1.29 is 9.90 Å². The Balaban J connectivity index is 1.42. The van der Waals surface area contributed by atoms with Crippen molar-refractivity contribution in [2.75, 3.05) is 13.1 Å². The fourth-order valence-electron chi connectivity index (χ4n) is 3.80. The number of aliphatic hydroxyl groups is 1. The van der Waals surface area contributed by atoms with Crippen molar-refractivity contribution in [1.82, 2.24) is 4.90 Å². The van der Waals surface area contributed by atoms with Crippen LogP contribution in [0.3, 0.4) is 0 Å². The molecule has 3 aromatic carbocycles. The van der Waals surface area contributed by atoms with Crippen LogP contribution < -0.4 is 0 Å². The van der Waals surface area contributed by atoms with E-state index < -0.39 is 0 Å². The van der Waals surface area contributed by atoms with Crippen molar-refractivity contribution in [1.29, 1.82) is 0 Å². The van der Waals surface area contributed by atoms with Crippen LogP contribution in [0.2, 0.25) is 0 Å². The summed E-state index contributed by atoms with van der Waals surface area (Å²) in [6.45, 7) is 1.72. The Morgan fingerprint density at radius 2 is 1.69 bits per heavy atom. The lowest BCUT2D eigenvalue weighted by molar-refractivity contribution is 0.0787. The minimum atomic E-state index is 0.0811. The summed E-state index contributed by atoms with van der Waals surface area (Å²) in [7, 11) is 0. The number of carbonyl (C=O) groups is 1. The van der Waals surface area contributed by atoms with Crippen LogP contribution in [-0.4, -0.2) is 29.0 Å². The first kappa shape index (κ1) is 16.8. The monoisotopic (exact) mass is 345 g/mol. The van der Waals surface area contributed by atoms with E-state index in [1.807, 2.05) is 47.4 Å². The maximum atomic E-state index is 12.9. The summed E-state index contributed by atoms with van der Waals surface area (Å²) in [5, 5.41) is 11.4. The van der Waals surface area contributed by atoms with Crippen LogP contribution in [0.15, 0.2) is 66.7 Å². The minimum absolute atomic E-state index is 0.0811. The second kappa shape index (κ2) is 7.30. The second-order valence-electron chi connectivity index (χ2n) is 7.15. The van der Waals surface area contributed by atoms with Crippen LogP contribution in [-0.2, 0) is 13.0 Å². The molecule has 1 amide bonds. The number of fused-ring (bicyclic) bond motifs is 1. The molecule has 0 aliphatic carbocycles. The van der Waals surface area contributed by atoms with Gasteiger partial charge in [0.05, 0.1) is 6.61 Å². The van der Waals surface area contributed by atoms with Crippen molar-refractivity contribution in [2.45, 2.75) is 19.4 Å². The van der Waals surface area contributed by atoms with Crippen molar-refractivity contribution >= 4 is 16.7 Å². The molecule has 132 valence electrons. The van der Waals surface area contributed by atoms with E-state index in [1.165, 1.54) is 5.56 Å². The SMILES string of the molecule is O=C(c1ccc2ccccc2c1)N1CC[C@@H](Cc2ccc(CO)cc2)C1. The lowest BCUT2D eigenvalue weighted by Crippen LogP contribution is -2.28. The third-order valence-corrected chi connectivity index (χ3v) is 5.30. The van der Waals surface area contributed by atoms with Gasteiger partial charge >= 0.3 is 0 Å². The fourth-order valence-corrected chi connectivity index (χ4v) is 3.80. The molecule has 4 rings (SSSR count). The van der Waals surface area contributed by atoms with E-state index in [4.69, 9.17) is 5.11 Å². The maximum Gasteiger partial charge on any atom is 0.253 e. The summed E-state index contributed by atoms with van der Waals surface area (Å²) in [6.07, 6.45) is 2.02. The molecule has 0 aromatic heterocycles. The zero-order chi connectivity index (χ0) is 17.9. The van der Waals surface area contributed by atoms with Gasteiger partial charge in [-0.05, 0) is 52.8 Å². The predicted molar refractivity (Wildman–Crippen MR) is 104 cm³/mol. The first-order chi connectivity index (χ1) is 12.7. The minimum Gasteiger partial charge on any atom is -0.392 e. The average molecular weight is 345 g/mol. The molecular weight excluding hydrogens is 322 g/mol. The molecule has 26 heavy (non-hydrogen) atoms. The Morgan fingerprint density at radius 1 is 0.962 bits per heavy atom. The molecule has 1 saturated heterocycles. The van der Waals surface area contributed by atoms with Crippen LogP contribution >= 0.6 is 0 Å². The van der Waals surface area contributed by atoms with Gasteiger partial charge in [-0.15, -0.1) is 0 Å². The first-order valence-electron chi connectivity index (χ1n) is 9.20. The molecule has 1 aliphatic rings. The summed E-state index contributed by atoms with van der Waals surface area (Å²) in [4.78, 5) is 14.9. The van der Waals surface area contributed by atoms with Crippen LogP contribution in [0.1, 0.15) is 27.9 Å². The van der Waals surface area contributed by atoms with Gasteiger partial charge in [-0.25, -0.2) is 0 Å². The van der Waals surface area contributed by atoms with E-state index in [0.29, 0.717) is 5.92 Å². The zero-order valence-corrected chi connectivity index (χ0v) is 14.8. The molecule has 1 aliphatic heterocycles. The van der Waals surface area contributed by atoms with Crippen molar-refractivity contribution in [3.8, 4) is 0 Å². The largest absolute Gasteiger partial charge is 0.392 e. The van der Waals surface area contributed by atoms with E-state index >= 15 is 0 Å². The maximum absolute atomic E-state index is 12.9. The van der Waals surface area contributed by atoms with Crippen molar-refractivity contribution in [3.63, 3.8) is 0 Å². The van der Waals surface area contributed by atoms with Gasteiger partial charge < -0.3 is 10.0 Å². The average Bonchev–Trinajstić information content (AvgIpc) is 3.16. The van der Waals surface area contributed by atoms with Gasteiger partial charge in [-0.1, -0.05) is 54.6 Å². The lowest BCUT2D eigenvalue weighted by Gasteiger charge is -2.17. The summed E-state index contributed by atoms with van der Waals surface area (Å²) in [6, 6.07) is 22.2. The highest BCUT2D eigenvalue weighted by atomic mass is 16.3. The molecule has 0 bridgehead atoms. The standard InChI is InChI=1S/C23H23NO2/c25-16-18-7-5-17(6-8-18)13-19-11-12-24(15-19)23(26)22-10-9-20-3-1-2-4-21(20)14-22/h1-10,14,19,25H,11-13,15-16H2/t19-/m0/s1. The summed E-state index contributed by atoms with van der Waals surface area (Å²) >= 11 is 0. The number of carbonyl (C=O) groups excluding carboxylic acids is 1. The number of benzene rings is 3. The Kier molecular flexibility index (Phi) is 4.72. The molecule has 0 saturated carbocycles. The predicted octanol–water partition coefficient (Wildman–Crippen LogP) is 4.04. The number of hydrogen-bond donors (Lipinski definition) is 1. The molecular formula is C23H23NO2. The van der Waals surface area contributed by atoms with Crippen molar-refractivity contribution in [2.24, 2.45) is 5.92 Å². The number of nitrogens with zero attached hydrogens (tertiary/aromatic N) is 1. The summed E-state index contributed by atoms with van der Waals surface area (Å²) in [5.74, 6) is 0.633. The van der Waals surface area contributed by atoms with Gasteiger partial charge in [0.2, 0.25) is 0 Å². The molecule has 1 heterocycles. The Labute approximate surface area is 153 Å². The summed E-state index contributed by atoms with van der Waals surface area (Å²) < 4.78 is 0. The van der Waals surface area contributed by atoms with Gasteiger partial charge in [-0.3, -0.25) is 4.79 Å². The number of aliphatic hydroxyl groups excluding tert-OH is 1. The molecule has 0 unspecified atom stereocenters. The molecule has 1 N–H and O–H groups in total. The highest BCUT2D eigenvalue weighted by Gasteiger charge is 2.27. The second-order valence-corrected chi connectivity index (χ2v) is 7.15. The highest BCUT2D eigenvalue weighted by molar-refractivity contribution is 5.98. The van der Waals surface area contributed by atoms with Crippen molar-refractivity contribution in [3.05, 3.63) is 83.4 Å². The number of rotatable bonds is 4. The smallest absolute Gasteiger partial charge is 0.253 e. The lowest BCUT2D eigenvalue weighted by atomic mass is 9.98. The Morgan fingerprint density at radius 3 is 2.46 bits per heavy atom. The van der Waals surface area contributed by atoms with E-state index in [9.17, 15) is 4.79 Å². The molecule has 3 nitrogen and oxygen atoms in total. The molecule has 0 radical (unpaired) electrons. The van der Waals surface area contributed by atoms with Crippen LogP contribution in [0.5, 0.6) is 0 Å². The fraction of sp³-hybridized carbons (Fsp3) is 0.261. The molecule has 1 atom stereocenters. The van der Waals surface area contributed by atoms with Gasteiger partial charge in [0.15, 0.2) is 0 Å². The third kappa shape index (κ3) is 3.49. The Bertz CT molecular complexity index is 917. The summed E-state index contributed by atoms with van der Waals surface area (Å²) in [5.41, 5.74) is 2.98. The van der Waals surface area contributed by atoms with Gasteiger partial charge in [0, 0.05) is 18.7 Å². The number of hydrogen-bond acceptors (Lipinski definition) is 2. The van der Waals surface area contributed by atoms with Crippen LogP contribution in [0, 0.1) is 5.92 Å². The topological polar surface area (TPSA) is 40.5 Å². The Hall–Kier alpha value is -2.65. The van der Waals surface area contributed by atoms with Crippen LogP contribution in [0.25, 0.3) is 10.8 Å². The van der Waals surface area contributed by atoms with Gasteiger partial charge in [0.1, 0.15) is 0 Å². The van der Waals surface area contributed by atoms with E-state index in [2.05, 4.69) is 24.3 Å². The molecule has 3 heteroatoms. The highest BCUT2D eigenvalue weighted by Crippen LogP contribution is 2.24. The normalized spacial score (nSPS) is 17.0. The number of likely N-dealkylation sites (tertiary alicyclic amines) is 1. The molecule has 0 spiro atoms. The van der Waals surface area contributed by atoms with E-state index in [1.54, 1.807) is 0 Å². The van der Waals surface area contributed by atoms with Gasteiger partial charge in [-0.2, -0.15) is 0 Å². The quantitative estimate of drug-likeness (QED) is 0.775. The third-order valence-electron chi connectivity index (χ3n) is 5.30.